The standard InChI is InChI=1S/C28H28N6O3S/c1-36-18-25(35)31-22-16-20(11-12-24(22)37-2)34-27(26(32-28(34)38)21-9-4-6-14-30-21)23-10-7-15-33(23)17-19-8-3-5-13-29-19/h3-16,26-27H,17-18H2,1-2H3,(H,31,35)(H,32,38)/t26-,27+/m0/s1. The fourth-order valence-corrected chi connectivity index (χ4v) is 5.05. The molecule has 5 rings (SSSR count). The third-order valence-corrected chi connectivity index (χ3v) is 6.65. The number of thiocarbonyl (C=S) groups is 1. The molecule has 0 radical (unpaired) electrons. The van der Waals surface area contributed by atoms with Crippen LogP contribution in [0, 0.1) is 0 Å². The Hall–Kier alpha value is -4.28. The van der Waals surface area contributed by atoms with Crippen LogP contribution in [0.5, 0.6) is 5.75 Å². The van der Waals surface area contributed by atoms with Gasteiger partial charge in [-0.25, -0.2) is 0 Å². The highest BCUT2D eigenvalue weighted by Crippen LogP contribution is 2.43. The predicted octanol–water partition coefficient (Wildman–Crippen LogP) is 4.10. The van der Waals surface area contributed by atoms with Crippen molar-refractivity contribution in [3.05, 3.63) is 102 Å². The summed E-state index contributed by atoms with van der Waals surface area (Å²) in [4.78, 5) is 23.5. The van der Waals surface area contributed by atoms with E-state index in [0.29, 0.717) is 23.1 Å². The van der Waals surface area contributed by atoms with E-state index in [-0.39, 0.29) is 24.6 Å². The third-order valence-electron chi connectivity index (χ3n) is 6.34. The lowest BCUT2D eigenvalue weighted by molar-refractivity contribution is -0.119. The van der Waals surface area contributed by atoms with Gasteiger partial charge in [0.05, 0.1) is 36.8 Å². The quantitative estimate of drug-likeness (QED) is 0.314. The zero-order valence-electron chi connectivity index (χ0n) is 21.1. The number of aromatic nitrogens is 3. The maximum Gasteiger partial charge on any atom is 0.250 e. The second kappa shape index (κ2) is 11.4. The SMILES string of the molecule is COCC(=O)Nc1cc(N2C(=S)N[C@@H](c3ccccn3)[C@H]2c2cccn2Cc2ccccn2)ccc1OC. The maximum atomic E-state index is 12.3. The molecule has 10 heteroatoms. The van der Waals surface area contributed by atoms with Crippen LogP contribution in [-0.4, -0.2) is 46.4 Å². The van der Waals surface area contributed by atoms with Gasteiger partial charge in [0.1, 0.15) is 18.4 Å². The Labute approximate surface area is 226 Å². The zero-order valence-corrected chi connectivity index (χ0v) is 21.9. The van der Waals surface area contributed by atoms with Crippen LogP contribution in [0.3, 0.4) is 0 Å². The molecule has 194 valence electrons. The summed E-state index contributed by atoms with van der Waals surface area (Å²) in [5.41, 5.74) is 4.19. The minimum atomic E-state index is -0.280. The molecule has 0 spiro atoms. The monoisotopic (exact) mass is 528 g/mol. The van der Waals surface area contributed by atoms with E-state index in [1.807, 2.05) is 66.9 Å². The summed E-state index contributed by atoms with van der Waals surface area (Å²) in [5.74, 6) is 0.254. The largest absolute Gasteiger partial charge is 0.495 e. The van der Waals surface area contributed by atoms with Gasteiger partial charge in [-0.1, -0.05) is 12.1 Å². The van der Waals surface area contributed by atoms with E-state index >= 15 is 0 Å². The molecule has 4 aromatic rings. The summed E-state index contributed by atoms with van der Waals surface area (Å²) < 4.78 is 12.7. The number of ether oxygens (including phenoxy) is 2. The van der Waals surface area contributed by atoms with Gasteiger partial charge in [0.15, 0.2) is 5.11 Å². The molecule has 0 bridgehead atoms. The predicted molar refractivity (Wildman–Crippen MR) is 149 cm³/mol. The molecule has 2 N–H and O–H groups in total. The van der Waals surface area contributed by atoms with Gasteiger partial charge in [0, 0.05) is 37.1 Å². The van der Waals surface area contributed by atoms with Crippen molar-refractivity contribution in [2.24, 2.45) is 0 Å². The van der Waals surface area contributed by atoms with Crippen LogP contribution >= 0.6 is 12.2 Å². The Kier molecular flexibility index (Phi) is 7.62. The molecular weight excluding hydrogens is 500 g/mol. The van der Waals surface area contributed by atoms with E-state index in [4.69, 9.17) is 21.7 Å². The number of nitrogens with zero attached hydrogens (tertiary/aromatic N) is 4. The van der Waals surface area contributed by atoms with Crippen molar-refractivity contribution >= 4 is 34.6 Å². The van der Waals surface area contributed by atoms with Crippen molar-refractivity contribution in [2.45, 2.75) is 18.6 Å². The number of rotatable bonds is 9. The molecule has 38 heavy (non-hydrogen) atoms. The summed E-state index contributed by atoms with van der Waals surface area (Å²) in [5, 5.41) is 6.91. The average Bonchev–Trinajstić information content (AvgIpc) is 3.53. The number of hydrogen-bond acceptors (Lipinski definition) is 6. The van der Waals surface area contributed by atoms with E-state index in [1.54, 1.807) is 19.5 Å². The number of carbonyl (C=O) groups excluding carboxylic acids is 1. The highest BCUT2D eigenvalue weighted by molar-refractivity contribution is 7.80. The van der Waals surface area contributed by atoms with Crippen molar-refractivity contribution < 1.29 is 14.3 Å². The molecule has 0 aliphatic carbocycles. The van der Waals surface area contributed by atoms with Crippen LogP contribution < -0.4 is 20.3 Å². The molecule has 0 unspecified atom stereocenters. The number of benzene rings is 1. The van der Waals surface area contributed by atoms with Crippen LogP contribution in [0.2, 0.25) is 0 Å². The number of pyridine rings is 2. The molecule has 1 saturated heterocycles. The molecule has 1 aromatic carbocycles. The molecule has 0 saturated carbocycles. The minimum absolute atomic E-state index is 0.0670. The zero-order chi connectivity index (χ0) is 26.5. The first-order valence-electron chi connectivity index (χ1n) is 12.1. The number of methoxy groups -OCH3 is 2. The van der Waals surface area contributed by atoms with Crippen LogP contribution in [0.4, 0.5) is 11.4 Å². The Morgan fingerprint density at radius 3 is 2.58 bits per heavy atom. The fourth-order valence-electron chi connectivity index (χ4n) is 4.70. The molecule has 9 nitrogen and oxygen atoms in total. The minimum Gasteiger partial charge on any atom is -0.495 e. The highest BCUT2D eigenvalue weighted by Gasteiger charge is 2.42. The first kappa shape index (κ1) is 25.4. The summed E-state index contributed by atoms with van der Waals surface area (Å²) in [6.07, 6.45) is 5.62. The van der Waals surface area contributed by atoms with Crippen LogP contribution in [0.25, 0.3) is 0 Å². The van der Waals surface area contributed by atoms with E-state index in [9.17, 15) is 4.79 Å². The average molecular weight is 529 g/mol. The molecule has 1 fully saturated rings. The second-order valence-electron chi connectivity index (χ2n) is 8.74. The number of amides is 1. The number of anilines is 2. The lowest BCUT2D eigenvalue weighted by atomic mass is 10.0. The van der Waals surface area contributed by atoms with Gasteiger partial charge in [0.25, 0.3) is 0 Å². The van der Waals surface area contributed by atoms with Crippen molar-refractivity contribution in [2.75, 3.05) is 31.0 Å². The van der Waals surface area contributed by atoms with Crippen LogP contribution in [0.15, 0.2) is 85.3 Å². The number of nitrogens with one attached hydrogen (secondary N) is 2. The first-order chi connectivity index (χ1) is 18.6. The molecule has 2 atom stereocenters. The van der Waals surface area contributed by atoms with E-state index in [2.05, 4.69) is 36.1 Å². The van der Waals surface area contributed by atoms with Gasteiger partial charge in [0.2, 0.25) is 5.91 Å². The van der Waals surface area contributed by atoms with E-state index in [1.165, 1.54) is 7.11 Å². The normalized spacial score (nSPS) is 16.8. The second-order valence-corrected chi connectivity index (χ2v) is 9.13. The first-order valence-corrected chi connectivity index (χ1v) is 12.5. The van der Waals surface area contributed by atoms with Crippen molar-refractivity contribution in [3.63, 3.8) is 0 Å². The van der Waals surface area contributed by atoms with Crippen molar-refractivity contribution in [3.8, 4) is 5.75 Å². The molecule has 1 aliphatic rings. The fraction of sp³-hybridized carbons (Fsp3) is 0.214. The Morgan fingerprint density at radius 1 is 1.05 bits per heavy atom. The Morgan fingerprint density at radius 2 is 1.87 bits per heavy atom. The summed E-state index contributed by atoms with van der Waals surface area (Å²) in [6, 6.07) is 21.0. The van der Waals surface area contributed by atoms with Crippen molar-refractivity contribution in [1.29, 1.82) is 0 Å². The van der Waals surface area contributed by atoms with Gasteiger partial charge >= 0.3 is 0 Å². The van der Waals surface area contributed by atoms with Gasteiger partial charge in [-0.3, -0.25) is 14.8 Å². The topological polar surface area (TPSA) is 93.5 Å². The number of hydrogen-bond donors (Lipinski definition) is 2. The summed E-state index contributed by atoms with van der Waals surface area (Å²) in [7, 11) is 3.04. The van der Waals surface area contributed by atoms with Gasteiger partial charge < -0.3 is 29.6 Å². The van der Waals surface area contributed by atoms with Crippen LogP contribution in [-0.2, 0) is 16.1 Å². The lowest BCUT2D eigenvalue weighted by Gasteiger charge is -2.29. The van der Waals surface area contributed by atoms with Gasteiger partial charge in [-0.15, -0.1) is 0 Å². The van der Waals surface area contributed by atoms with E-state index < -0.39 is 0 Å². The molecule has 3 aromatic heterocycles. The van der Waals surface area contributed by atoms with Gasteiger partial charge in [-0.05, 0) is 66.8 Å². The molecule has 1 aliphatic heterocycles. The Bertz CT molecular complexity index is 1410. The molecular formula is C28H28N6O3S. The van der Waals surface area contributed by atoms with Gasteiger partial charge in [-0.2, -0.15) is 0 Å². The smallest absolute Gasteiger partial charge is 0.250 e. The van der Waals surface area contributed by atoms with Crippen molar-refractivity contribution in [1.82, 2.24) is 19.9 Å². The third kappa shape index (κ3) is 5.22. The lowest BCUT2D eigenvalue weighted by Crippen LogP contribution is -2.30. The van der Waals surface area contributed by atoms with Crippen LogP contribution in [0.1, 0.15) is 29.2 Å². The van der Waals surface area contributed by atoms with E-state index in [0.717, 1.165) is 22.8 Å². The summed E-state index contributed by atoms with van der Waals surface area (Å²) in [6.45, 7) is 0.540. The Balaban J connectivity index is 1.58. The summed E-state index contributed by atoms with van der Waals surface area (Å²) >= 11 is 5.88. The molecule has 4 heterocycles. The highest BCUT2D eigenvalue weighted by atomic mass is 32.1. The molecule has 1 amide bonds. The maximum absolute atomic E-state index is 12.3. The number of carbonyl (C=O) groups is 1.